The van der Waals surface area contributed by atoms with Crippen LogP contribution in [0.25, 0.3) is 0 Å². The zero-order valence-electron chi connectivity index (χ0n) is 15.3. The summed E-state index contributed by atoms with van der Waals surface area (Å²) in [6, 6.07) is 0. The Bertz CT molecular complexity index is 457. The van der Waals surface area contributed by atoms with Crippen molar-refractivity contribution < 1.29 is 10.2 Å². The number of hydrogen-bond acceptors (Lipinski definition) is 2. The minimum atomic E-state index is -0.401. The van der Waals surface area contributed by atoms with Gasteiger partial charge in [-0.3, -0.25) is 0 Å². The van der Waals surface area contributed by atoms with E-state index in [-0.39, 0.29) is 6.10 Å². The van der Waals surface area contributed by atoms with Gasteiger partial charge in [0.05, 0.1) is 11.7 Å². The van der Waals surface area contributed by atoms with Crippen LogP contribution in [0.3, 0.4) is 0 Å². The van der Waals surface area contributed by atoms with Crippen LogP contribution in [0.4, 0.5) is 0 Å². The molecule has 2 N–H and O–H groups in total. The molecule has 0 aromatic rings. The average molecular weight is 321 g/mol. The minimum Gasteiger partial charge on any atom is -0.393 e. The summed E-state index contributed by atoms with van der Waals surface area (Å²) in [6.07, 6.45) is 11.2. The Morgan fingerprint density at radius 3 is 2.35 bits per heavy atom. The molecule has 1 unspecified atom stereocenters. The lowest BCUT2D eigenvalue weighted by Gasteiger charge is -2.57. The molecule has 0 radical (unpaired) electrons. The average Bonchev–Trinajstić information content (AvgIpc) is 2.83. The van der Waals surface area contributed by atoms with Gasteiger partial charge in [0.2, 0.25) is 0 Å². The lowest BCUT2D eigenvalue weighted by atomic mass is 9.49. The molecule has 4 saturated carbocycles. The van der Waals surface area contributed by atoms with Gasteiger partial charge in [0.25, 0.3) is 0 Å². The molecule has 2 heteroatoms. The van der Waals surface area contributed by atoms with E-state index in [0.717, 1.165) is 42.4 Å². The zero-order valence-corrected chi connectivity index (χ0v) is 15.3. The molecule has 9 atom stereocenters. The van der Waals surface area contributed by atoms with Gasteiger partial charge >= 0.3 is 0 Å². The molecule has 2 nitrogen and oxygen atoms in total. The number of fused-ring (bicyclic) bond motifs is 5. The standard InChI is InChI=1S/C21H36O2/c1-13(22)18-6-7-19-17-5-4-14-12-20(2,23)10-8-15(14)16(17)9-11-21(18,19)3/h13-19,22-23H,4-12H2,1-3H3/t13-,14+,15-,16+,17+,18?,19-,20+,21+/m0/s1. The molecular formula is C21H36O2. The second-order valence-electron chi connectivity index (χ2n) is 10.1. The molecule has 4 aliphatic carbocycles. The number of aliphatic hydroxyl groups excluding tert-OH is 1. The maximum atomic E-state index is 10.5. The van der Waals surface area contributed by atoms with Crippen molar-refractivity contribution in [2.45, 2.75) is 90.3 Å². The molecule has 132 valence electrons. The normalized spacial score (nSPS) is 57.3. The van der Waals surface area contributed by atoms with Crippen molar-refractivity contribution in [2.24, 2.45) is 40.9 Å². The van der Waals surface area contributed by atoms with Crippen LogP contribution in [0.5, 0.6) is 0 Å². The van der Waals surface area contributed by atoms with E-state index in [2.05, 4.69) is 13.8 Å². The maximum absolute atomic E-state index is 10.5. The molecule has 0 aliphatic heterocycles. The van der Waals surface area contributed by atoms with Crippen molar-refractivity contribution in [3.05, 3.63) is 0 Å². The van der Waals surface area contributed by atoms with Gasteiger partial charge in [-0.1, -0.05) is 6.92 Å². The lowest BCUT2D eigenvalue weighted by Crippen LogP contribution is -2.51. The fraction of sp³-hybridized carbons (Fsp3) is 1.00. The van der Waals surface area contributed by atoms with E-state index >= 15 is 0 Å². The highest BCUT2D eigenvalue weighted by Crippen LogP contribution is 2.65. The first kappa shape index (κ1) is 16.4. The Balaban J connectivity index is 1.54. The summed E-state index contributed by atoms with van der Waals surface area (Å²) in [4.78, 5) is 0. The maximum Gasteiger partial charge on any atom is 0.0622 e. The Morgan fingerprint density at radius 1 is 0.870 bits per heavy atom. The number of hydrogen-bond donors (Lipinski definition) is 2. The molecule has 4 fully saturated rings. The highest BCUT2D eigenvalue weighted by atomic mass is 16.3. The first-order chi connectivity index (χ1) is 10.8. The van der Waals surface area contributed by atoms with Crippen molar-refractivity contribution in [1.29, 1.82) is 0 Å². The lowest BCUT2D eigenvalue weighted by molar-refractivity contribution is -0.106. The van der Waals surface area contributed by atoms with Crippen molar-refractivity contribution in [3.63, 3.8) is 0 Å². The quantitative estimate of drug-likeness (QED) is 0.752. The summed E-state index contributed by atoms with van der Waals surface area (Å²) < 4.78 is 0. The van der Waals surface area contributed by atoms with E-state index in [1.165, 1.54) is 44.9 Å². The van der Waals surface area contributed by atoms with E-state index in [1.807, 2.05) is 6.92 Å². The monoisotopic (exact) mass is 320 g/mol. The topological polar surface area (TPSA) is 40.5 Å². The molecule has 0 bridgehead atoms. The van der Waals surface area contributed by atoms with E-state index in [0.29, 0.717) is 11.3 Å². The predicted octanol–water partition coefficient (Wildman–Crippen LogP) is 4.39. The van der Waals surface area contributed by atoms with Crippen LogP contribution in [-0.4, -0.2) is 21.9 Å². The van der Waals surface area contributed by atoms with E-state index in [1.54, 1.807) is 0 Å². The summed E-state index contributed by atoms with van der Waals surface area (Å²) in [5, 5.41) is 20.7. The van der Waals surface area contributed by atoms with Crippen LogP contribution < -0.4 is 0 Å². The predicted molar refractivity (Wildman–Crippen MR) is 92.9 cm³/mol. The molecule has 23 heavy (non-hydrogen) atoms. The summed E-state index contributed by atoms with van der Waals surface area (Å²) in [6.45, 7) is 6.57. The third-order valence-corrected chi connectivity index (χ3v) is 8.89. The Morgan fingerprint density at radius 2 is 1.61 bits per heavy atom. The molecule has 0 heterocycles. The fourth-order valence-electron chi connectivity index (χ4n) is 7.91. The molecule has 0 saturated heterocycles. The third kappa shape index (κ3) is 2.51. The molecular weight excluding hydrogens is 284 g/mol. The summed E-state index contributed by atoms with van der Waals surface area (Å²) in [7, 11) is 0. The van der Waals surface area contributed by atoms with Gasteiger partial charge in [-0.05, 0) is 113 Å². The Hall–Kier alpha value is -0.0800. The Kier molecular flexibility index (Phi) is 3.89. The Labute approximate surface area is 142 Å². The van der Waals surface area contributed by atoms with Crippen LogP contribution in [0, 0.1) is 40.9 Å². The zero-order chi connectivity index (χ0) is 16.4. The van der Waals surface area contributed by atoms with Gasteiger partial charge in [0.1, 0.15) is 0 Å². The smallest absolute Gasteiger partial charge is 0.0622 e. The molecule has 0 amide bonds. The van der Waals surface area contributed by atoms with Crippen LogP contribution in [0.2, 0.25) is 0 Å². The second kappa shape index (κ2) is 5.46. The van der Waals surface area contributed by atoms with Gasteiger partial charge in [-0.2, -0.15) is 0 Å². The molecule has 4 aliphatic rings. The largest absolute Gasteiger partial charge is 0.393 e. The van der Waals surface area contributed by atoms with E-state index in [9.17, 15) is 10.2 Å². The van der Waals surface area contributed by atoms with Crippen LogP contribution >= 0.6 is 0 Å². The SMILES string of the molecule is C[C@H](O)C1CC[C@H]2[C@@H]3CC[C@@H]4C[C@](C)(O)CC[C@@H]4[C@H]3CC[C@]12C. The summed E-state index contributed by atoms with van der Waals surface area (Å²) in [5.74, 6) is 4.85. The number of rotatable bonds is 1. The summed E-state index contributed by atoms with van der Waals surface area (Å²) in [5.41, 5.74) is -0.00963. The van der Waals surface area contributed by atoms with Gasteiger partial charge in [-0.25, -0.2) is 0 Å². The van der Waals surface area contributed by atoms with Crippen LogP contribution in [0.1, 0.15) is 78.6 Å². The minimum absolute atomic E-state index is 0.136. The highest BCUT2D eigenvalue weighted by Gasteiger charge is 2.58. The summed E-state index contributed by atoms with van der Waals surface area (Å²) >= 11 is 0. The fourth-order valence-corrected chi connectivity index (χ4v) is 7.91. The van der Waals surface area contributed by atoms with Crippen molar-refractivity contribution in [2.75, 3.05) is 0 Å². The first-order valence-corrected chi connectivity index (χ1v) is 10.2. The molecule has 4 rings (SSSR count). The van der Waals surface area contributed by atoms with Crippen LogP contribution in [0.15, 0.2) is 0 Å². The second-order valence-corrected chi connectivity index (χ2v) is 10.1. The highest BCUT2D eigenvalue weighted by molar-refractivity contribution is 5.07. The van der Waals surface area contributed by atoms with Gasteiger partial charge in [0, 0.05) is 0 Å². The first-order valence-electron chi connectivity index (χ1n) is 10.2. The molecule has 0 spiro atoms. The van der Waals surface area contributed by atoms with Crippen molar-refractivity contribution >= 4 is 0 Å². The van der Waals surface area contributed by atoms with Crippen molar-refractivity contribution in [1.82, 2.24) is 0 Å². The van der Waals surface area contributed by atoms with E-state index in [4.69, 9.17) is 0 Å². The van der Waals surface area contributed by atoms with Gasteiger partial charge in [0.15, 0.2) is 0 Å². The third-order valence-electron chi connectivity index (χ3n) is 8.89. The molecule has 0 aromatic carbocycles. The van der Waals surface area contributed by atoms with Crippen LogP contribution in [-0.2, 0) is 0 Å². The molecule has 0 aromatic heterocycles. The van der Waals surface area contributed by atoms with E-state index < -0.39 is 5.60 Å². The number of aliphatic hydroxyl groups is 2. The van der Waals surface area contributed by atoms with Gasteiger partial charge < -0.3 is 10.2 Å². The van der Waals surface area contributed by atoms with Gasteiger partial charge in [-0.15, -0.1) is 0 Å². The van der Waals surface area contributed by atoms with Crippen molar-refractivity contribution in [3.8, 4) is 0 Å².